The molecule has 0 aromatic carbocycles. The summed E-state index contributed by atoms with van der Waals surface area (Å²) in [4.78, 5) is 20.8. The SMILES string of the molecule is CCCNC(=NCC1CCS(=O)(=O)C1)N1CCN2C(=O)CCC2C1. The normalized spacial score (nSPS) is 29.9. The van der Waals surface area contributed by atoms with Gasteiger partial charge in [-0.1, -0.05) is 6.92 Å². The van der Waals surface area contributed by atoms with Gasteiger partial charge in [0.05, 0.1) is 11.5 Å². The van der Waals surface area contributed by atoms with E-state index in [-0.39, 0.29) is 17.6 Å². The Morgan fingerprint density at radius 3 is 2.88 bits per heavy atom. The van der Waals surface area contributed by atoms with E-state index >= 15 is 0 Å². The number of hydrogen-bond acceptors (Lipinski definition) is 4. The summed E-state index contributed by atoms with van der Waals surface area (Å²) >= 11 is 0. The zero-order valence-corrected chi connectivity index (χ0v) is 15.2. The molecule has 3 fully saturated rings. The molecule has 3 aliphatic rings. The third-order valence-electron chi connectivity index (χ3n) is 5.15. The molecule has 3 heterocycles. The molecule has 1 N–H and O–H groups in total. The first-order chi connectivity index (χ1) is 11.5. The number of piperazine rings is 1. The van der Waals surface area contributed by atoms with Gasteiger partial charge in [0, 0.05) is 45.2 Å². The van der Waals surface area contributed by atoms with Crippen molar-refractivity contribution in [3.8, 4) is 0 Å². The monoisotopic (exact) mass is 356 g/mol. The Morgan fingerprint density at radius 2 is 2.17 bits per heavy atom. The van der Waals surface area contributed by atoms with Crippen LogP contribution in [0.15, 0.2) is 4.99 Å². The van der Waals surface area contributed by atoms with Crippen LogP contribution in [0.25, 0.3) is 0 Å². The summed E-state index contributed by atoms with van der Waals surface area (Å²) < 4.78 is 23.2. The molecule has 0 spiro atoms. The third-order valence-corrected chi connectivity index (χ3v) is 6.99. The first kappa shape index (κ1) is 17.5. The van der Waals surface area contributed by atoms with Crippen molar-refractivity contribution in [2.45, 2.75) is 38.6 Å². The lowest BCUT2D eigenvalue weighted by Gasteiger charge is -2.39. The summed E-state index contributed by atoms with van der Waals surface area (Å²) in [6.45, 7) is 5.90. The van der Waals surface area contributed by atoms with Gasteiger partial charge < -0.3 is 15.1 Å². The average molecular weight is 356 g/mol. The zero-order valence-electron chi connectivity index (χ0n) is 14.4. The molecule has 0 radical (unpaired) electrons. The highest BCUT2D eigenvalue weighted by molar-refractivity contribution is 7.91. The van der Waals surface area contributed by atoms with Crippen LogP contribution in [0.4, 0.5) is 0 Å². The van der Waals surface area contributed by atoms with E-state index in [1.54, 1.807) is 0 Å². The molecule has 8 heteroatoms. The lowest BCUT2D eigenvalue weighted by Crippen LogP contribution is -2.56. The molecule has 0 aromatic rings. The van der Waals surface area contributed by atoms with Crippen LogP contribution in [-0.2, 0) is 14.6 Å². The minimum atomic E-state index is -2.85. The smallest absolute Gasteiger partial charge is 0.223 e. The van der Waals surface area contributed by atoms with Crippen molar-refractivity contribution in [3.63, 3.8) is 0 Å². The van der Waals surface area contributed by atoms with Crippen molar-refractivity contribution in [1.29, 1.82) is 0 Å². The van der Waals surface area contributed by atoms with E-state index in [1.807, 2.05) is 4.90 Å². The van der Waals surface area contributed by atoms with Gasteiger partial charge in [-0.25, -0.2) is 8.42 Å². The highest BCUT2D eigenvalue weighted by Crippen LogP contribution is 2.23. The largest absolute Gasteiger partial charge is 0.356 e. The van der Waals surface area contributed by atoms with E-state index in [4.69, 9.17) is 4.99 Å². The Morgan fingerprint density at radius 1 is 1.33 bits per heavy atom. The van der Waals surface area contributed by atoms with E-state index in [9.17, 15) is 13.2 Å². The van der Waals surface area contributed by atoms with Crippen LogP contribution < -0.4 is 5.32 Å². The minimum absolute atomic E-state index is 0.141. The third kappa shape index (κ3) is 4.02. The minimum Gasteiger partial charge on any atom is -0.356 e. The Labute approximate surface area is 144 Å². The molecule has 2 unspecified atom stereocenters. The number of nitrogens with one attached hydrogen (secondary N) is 1. The van der Waals surface area contributed by atoms with Crippen LogP contribution in [0.1, 0.15) is 32.6 Å². The first-order valence-electron chi connectivity index (χ1n) is 9.01. The van der Waals surface area contributed by atoms with Gasteiger partial charge in [-0.2, -0.15) is 0 Å². The van der Waals surface area contributed by atoms with Crippen LogP contribution in [0.2, 0.25) is 0 Å². The second-order valence-corrected chi connectivity index (χ2v) is 9.31. The molecule has 0 aliphatic carbocycles. The van der Waals surface area contributed by atoms with Gasteiger partial charge in [-0.05, 0) is 25.2 Å². The predicted molar refractivity (Wildman–Crippen MR) is 93.7 cm³/mol. The van der Waals surface area contributed by atoms with E-state index in [1.165, 1.54) is 0 Å². The van der Waals surface area contributed by atoms with Crippen LogP contribution in [-0.4, -0.2) is 80.4 Å². The molecule has 0 bridgehead atoms. The van der Waals surface area contributed by atoms with Gasteiger partial charge in [0.25, 0.3) is 0 Å². The zero-order chi connectivity index (χ0) is 17.2. The number of hydrogen-bond donors (Lipinski definition) is 1. The number of guanidine groups is 1. The Kier molecular flexibility index (Phi) is 5.32. The fourth-order valence-corrected chi connectivity index (χ4v) is 5.64. The second-order valence-electron chi connectivity index (χ2n) is 7.09. The summed E-state index contributed by atoms with van der Waals surface area (Å²) in [5.41, 5.74) is 0. The van der Waals surface area contributed by atoms with Gasteiger partial charge in [-0.15, -0.1) is 0 Å². The molecule has 3 aliphatic heterocycles. The number of nitrogens with zero attached hydrogens (tertiary/aromatic N) is 3. The maximum absolute atomic E-state index is 11.8. The highest BCUT2D eigenvalue weighted by atomic mass is 32.2. The van der Waals surface area contributed by atoms with Crippen LogP contribution in [0.3, 0.4) is 0 Å². The van der Waals surface area contributed by atoms with E-state index in [0.717, 1.165) is 51.4 Å². The highest BCUT2D eigenvalue weighted by Gasteiger charge is 2.36. The summed E-state index contributed by atoms with van der Waals surface area (Å²) in [6.07, 6.45) is 3.32. The molecule has 0 saturated carbocycles. The average Bonchev–Trinajstić information content (AvgIpc) is 3.10. The van der Waals surface area contributed by atoms with Crippen molar-refractivity contribution in [1.82, 2.24) is 15.1 Å². The molecule has 3 rings (SSSR count). The van der Waals surface area contributed by atoms with E-state index in [2.05, 4.69) is 17.1 Å². The Balaban J connectivity index is 1.63. The van der Waals surface area contributed by atoms with Crippen LogP contribution in [0, 0.1) is 5.92 Å². The number of carbonyl (C=O) groups is 1. The maximum Gasteiger partial charge on any atom is 0.223 e. The van der Waals surface area contributed by atoms with E-state index in [0.29, 0.717) is 24.8 Å². The number of aliphatic imine (C=N–C) groups is 1. The van der Waals surface area contributed by atoms with E-state index < -0.39 is 9.84 Å². The first-order valence-corrected chi connectivity index (χ1v) is 10.8. The van der Waals surface area contributed by atoms with Gasteiger partial charge in [0.2, 0.25) is 5.91 Å². The fraction of sp³-hybridized carbons (Fsp3) is 0.875. The lowest BCUT2D eigenvalue weighted by molar-refractivity contribution is -0.130. The summed E-state index contributed by atoms with van der Waals surface area (Å²) in [7, 11) is -2.85. The summed E-state index contributed by atoms with van der Waals surface area (Å²) in [5, 5.41) is 3.40. The van der Waals surface area contributed by atoms with Crippen molar-refractivity contribution in [3.05, 3.63) is 0 Å². The van der Waals surface area contributed by atoms with Gasteiger partial charge in [0.15, 0.2) is 15.8 Å². The molecule has 0 aromatic heterocycles. The van der Waals surface area contributed by atoms with Gasteiger partial charge in [-0.3, -0.25) is 9.79 Å². The van der Waals surface area contributed by atoms with Crippen LogP contribution in [0.5, 0.6) is 0 Å². The fourth-order valence-electron chi connectivity index (χ4n) is 3.79. The number of sulfone groups is 1. The topological polar surface area (TPSA) is 82.1 Å². The number of amides is 1. The molecular weight excluding hydrogens is 328 g/mol. The van der Waals surface area contributed by atoms with Crippen molar-refractivity contribution < 1.29 is 13.2 Å². The molecule has 24 heavy (non-hydrogen) atoms. The summed E-state index contributed by atoms with van der Waals surface area (Å²) in [6, 6.07) is 0.298. The molecule has 1 amide bonds. The number of carbonyl (C=O) groups excluding carboxylic acids is 1. The Hall–Kier alpha value is -1.31. The van der Waals surface area contributed by atoms with Crippen molar-refractivity contribution in [2.75, 3.05) is 44.2 Å². The molecular formula is C16H28N4O3S. The van der Waals surface area contributed by atoms with Gasteiger partial charge in [0.1, 0.15) is 0 Å². The standard InChI is InChI=1S/C16H28N4O3S/c1-2-6-17-16(18-10-13-5-9-24(22,23)12-13)19-7-8-20-14(11-19)3-4-15(20)21/h13-14H,2-12H2,1H3,(H,17,18). The quantitative estimate of drug-likeness (QED) is 0.570. The van der Waals surface area contributed by atoms with Crippen LogP contribution >= 0.6 is 0 Å². The van der Waals surface area contributed by atoms with Gasteiger partial charge >= 0.3 is 0 Å². The molecule has 136 valence electrons. The Bertz CT molecular complexity index is 604. The molecule has 2 atom stereocenters. The molecule has 7 nitrogen and oxygen atoms in total. The maximum atomic E-state index is 11.8. The van der Waals surface area contributed by atoms with Crippen molar-refractivity contribution >= 4 is 21.7 Å². The van der Waals surface area contributed by atoms with Crippen molar-refractivity contribution in [2.24, 2.45) is 10.9 Å². The predicted octanol–water partition coefficient (Wildman–Crippen LogP) is 0.0833. The lowest BCUT2D eigenvalue weighted by atomic mass is 10.1. The second kappa shape index (κ2) is 7.29. The summed E-state index contributed by atoms with van der Waals surface area (Å²) in [5.74, 6) is 1.86. The number of rotatable bonds is 4. The molecule has 3 saturated heterocycles. The number of fused-ring (bicyclic) bond motifs is 1.